The zero-order chi connectivity index (χ0) is 12.8. The van der Waals surface area contributed by atoms with Gasteiger partial charge in [0, 0.05) is 6.20 Å². The van der Waals surface area contributed by atoms with Gasteiger partial charge in [-0.1, -0.05) is 0 Å². The lowest BCUT2D eigenvalue weighted by Crippen LogP contribution is -2.00. The quantitative estimate of drug-likeness (QED) is 0.774. The predicted octanol–water partition coefficient (Wildman–Crippen LogP) is 1.87. The smallest absolute Gasteiger partial charge is 0.335 e. The summed E-state index contributed by atoms with van der Waals surface area (Å²) in [5.41, 5.74) is -0.462. The third-order valence-electron chi connectivity index (χ3n) is 1.83. The van der Waals surface area contributed by atoms with E-state index in [-0.39, 0.29) is 16.8 Å². The van der Waals surface area contributed by atoms with Crippen molar-refractivity contribution in [1.29, 1.82) is 10.5 Å². The molecule has 0 radical (unpaired) electrons. The van der Waals surface area contributed by atoms with Crippen LogP contribution in [-0.2, 0) is 0 Å². The summed E-state index contributed by atoms with van der Waals surface area (Å²) in [6, 6.07) is 6.32. The minimum atomic E-state index is -1.20. The number of allylic oxidation sites excluding steroid dienone is 1. The number of nitriles is 2. The van der Waals surface area contributed by atoms with Crippen molar-refractivity contribution in [2.24, 2.45) is 0 Å². The maximum absolute atomic E-state index is 13.2. The number of rotatable bonds is 3. The van der Waals surface area contributed by atoms with Crippen LogP contribution in [0.15, 0.2) is 30.0 Å². The van der Waals surface area contributed by atoms with Gasteiger partial charge < -0.3 is 10.4 Å². The molecule has 0 aromatic heterocycles. The number of hydrogen-bond acceptors (Lipinski definition) is 4. The van der Waals surface area contributed by atoms with Crippen LogP contribution < -0.4 is 5.32 Å². The number of carboxylic acid groups (broad SMARTS) is 1. The normalized spacial score (nSPS) is 8.65. The second-order valence-corrected chi connectivity index (χ2v) is 2.93. The van der Waals surface area contributed by atoms with Gasteiger partial charge in [-0.05, 0) is 18.2 Å². The van der Waals surface area contributed by atoms with E-state index in [4.69, 9.17) is 15.6 Å². The van der Waals surface area contributed by atoms with Gasteiger partial charge in [-0.3, -0.25) is 0 Å². The van der Waals surface area contributed by atoms with Crippen molar-refractivity contribution in [3.63, 3.8) is 0 Å². The summed E-state index contributed by atoms with van der Waals surface area (Å²) in [6.45, 7) is 0. The number of carboxylic acids is 1. The molecule has 0 aliphatic carbocycles. The van der Waals surface area contributed by atoms with Crippen LogP contribution in [0.1, 0.15) is 10.4 Å². The third kappa shape index (κ3) is 3.05. The molecule has 0 saturated heterocycles. The summed E-state index contributed by atoms with van der Waals surface area (Å²) < 4.78 is 13.2. The van der Waals surface area contributed by atoms with Crippen LogP contribution in [0, 0.1) is 28.5 Å². The molecule has 0 aliphatic rings. The molecular formula is C11H6FN3O2. The second-order valence-electron chi connectivity index (χ2n) is 2.93. The van der Waals surface area contributed by atoms with Gasteiger partial charge in [0.15, 0.2) is 0 Å². The minimum absolute atomic E-state index is 0.0993. The first-order chi connectivity index (χ1) is 8.08. The van der Waals surface area contributed by atoms with Crippen LogP contribution in [-0.4, -0.2) is 11.1 Å². The Kier molecular flexibility index (Phi) is 3.80. The summed E-state index contributed by atoms with van der Waals surface area (Å²) in [4.78, 5) is 10.6. The SMILES string of the molecule is N#CC(C#N)=CNc1cc(C(=O)O)ccc1F. The Balaban J connectivity index is 3.04. The van der Waals surface area contributed by atoms with E-state index in [1.54, 1.807) is 12.1 Å². The number of halogens is 1. The zero-order valence-corrected chi connectivity index (χ0v) is 8.44. The molecule has 0 atom stereocenters. The molecule has 0 aliphatic heterocycles. The number of nitrogens with one attached hydrogen (secondary N) is 1. The van der Waals surface area contributed by atoms with Crippen molar-refractivity contribution in [1.82, 2.24) is 0 Å². The molecule has 0 spiro atoms. The Morgan fingerprint density at radius 3 is 2.59 bits per heavy atom. The molecule has 0 fully saturated rings. The zero-order valence-electron chi connectivity index (χ0n) is 8.44. The highest BCUT2D eigenvalue weighted by Gasteiger charge is 2.07. The first-order valence-electron chi connectivity index (χ1n) is 4.38. The molecule has 0 bridgehead atoms. The van der Waals surface area contributed by atoms with Crippen LogP contribution in [0.5, 0.6) is 0 Å². The van der Waals surface area contributed by atoms with E-state index in [1.165, 1.54) is 0 Å². The average Bonchev–Trinajstić information content (AvgIpc) is 2.32. The highest BCUT2D eigenvalue weighted by Crippen LogP contribution is 2.16. The molecule has 17 heavy (non-hydrogen) atoms. The van der Waals surface area contributed by atoms with E-state index in [9.17, 15) is 9.18 Å². The molecule has 6 heteroatoms. The van der Waals surface area contributed by atoms with E-state index in [0.717, 1.165) is 24.4 Å². The van der Waals surface area contributed by atoms with Gasteiger partial charge in [0.25, 0.3) is 0 Å². The van der Waals surface area contributed by atoms with Gasteiger partial charge in [-0.2, -0.15) is 10.5 Å². The van der Waals surface area contributed by atoms with Gasteiger partial charge in [0.2, 0.25) is 0 Å². The first kappa shape index (κ1) is 12.2. The Labute approximate surface area is 96.0 Å². The van der Waals surface area contributed by atoms with E-state index >= 15 is 0 Å². The van der Waals surface area contributed by atoms with Crippen molar-refractivity contribution in [3.05, 3.63) is 41.4 Å². The van der Waals surface area contributed by atoms with Crippen LogP contribution >= 0.6 is 0 Å². The van der Waals surface area contributed by atoms with Crippen molar-refractivity contribution in [2.45, 2.75) is 0 Å². The van der Waals surface area contributed by atoms with E-state index in [2.05, 4.69) is 5.32 Å². The number of aromatic carboxylic acids is 1. The average molecular weight is 231 g/mol. The number of nitrogens with zero attached hydrogens (tertiary/aromatic N) is 2. The Morgan fingerprint density at radius 2 is 2.06 bits per heavy atom. The monoisotopic (exact) mass is 231 g/mol. The van der Waals surface area contributed by atoms with Gasteiger partial charge in [-0.15, -0.1) is 0 Å². The fourth-order valence-electron chi connectivity index (χ4n) is 1.01. The Bertz CT molecular complexity index is 551. The fraction of sp³-hybridized carbons (Fsp3) is 0. The maximum Gasteiger partial charge on any atom is 0.335 e. The molecule has 2 N–H and O–H groups in total. The fourth-order valence-corrected chi connectivity index (χ4v) is 1.01. The minimum Gasteiger partial charge on any atom is -0.478 e. The van der Waals surface area contributed by atoms with Gasteiger partial charge in [0.1, 0.15) is 23.5 Å². The maximum atomic E-state index is 13.2. The number of hydrogen-bond donors (Lipinski definition) is 2. The lowest BCUT2D eigenvalue weighted by Gasteiger charge is -2.03. The molecule has 0 saturated carbocycles. The topological polar surface area (TPSA) is 96.9 Å². The summed E-state index contributed by atoms with van der Waals surface area (Å²) in [5.74, 6) is -1.88. The number of carbonyl (C=O) groups is 1. The molecule has 5 nitrogen and oxygen atoms in total. The summed E-state index contributed by atoms with van der Waals surface area (Å²) in [7, 11) is 0. The van der Waals surface area contributed by atoms with Gasteiger partial charge in [-0.25, -0.2) is 9.18 Å². The van der Waals surface area contributed by atoms with Gasteiger partial charge >= 0.3 is 5.97 Å². The molecule has 0 heterocycles. The summed E-state index contributed by atoms with van der Waals surface area (Å²) >= 11 is 0. The standard InChI is InChI=1S/C11H6FN3O2/c12-9-2-1-8(11(16)17)3-10(9)15-6-7(4-13)5-14/h1-3,6,15H,(H,16,17). The molecule has 1 aromatic rings. The van der Waals surface area contributed by atoms with Crippen LogP contribution in [0.3, 0.4) is 0 Å². The summed E-state index contributed by atoms with van der Waals surface area (Å²) in [5, 5.41) is 28.0. The second kappa shape index (κ2) is 5.29. The Morgan fingerprint density at radius 1 is 1.41 bits per heavy atom. The first-order valence-corrected chi connectivity index (χ1v) is 4.38. The van der Waals surface area contributed by atoms with Crippen molar-refractivity contribution in [2.75, 3.05) is 5.32 Å². The largest absolute Gasteiger partial charge is 0.478 e. The van der Waals surface area contributed by atoms with Crippen LogP contribution in [0.4, 0.5) is 10.1 Å². The molecule has 0 amide bonds. The highest BCUT2D eigenvalue weighted by atomic mass is 19.1. The third-order valence-corrected chi connectivity index (χ3v) is 1.83. The molecule has 84 valence electrons. The van der Waals surface area contributed by atoms with Crippen LogP contribution in [0.25, 0.3) is 0 Å². The van der Waals surface area contributed by atoms with Crippen molar-refractivity contribution in [3.8, 4) is 12.1 Å². The number of benzene rings is 1. The molecule has 1 aromatic carbocycles. The predicted molar refractivity (Wildman–Crippen MR) is 56.3 cm³/mol. The van der Waals surface area contributed by atoms with Gasteiger partial charge in [0.05, 0.1) is 11.3 Å². The molecule has 0 unspecified atom stereocenters. The van der Waals surface area contributed by atoms with Crippen molar-refractivity contribution >= 4 is 11.7 Å². The van der Waals surface area contributed by atoms with Crippen molar-refractivity contribution < 1.29 is 14.3 Å². The van der Waals surface area contributed by atoms with E-state index < -0.39 is 11.8 Å². The van der Waals surface area contributed by atoms with Crippen LogP contribution in [0.2, 0.25) is 0 Å². The van der Waals surface area contributed by atoms with E-state index in [0.29, 0.717) is 0 Å². The molecular weight excluding hydrogens is 225 g/mol. The summed E-state index contributed by atoms with van der Waals surface area (Å²) in [6.07, 6.45) is 1.00. The Hall–Kier alpha value is -2.86. The van der Waals surface area contributed by atoms with E-state index in [1.807, 2.05) is 0 Å². The highest BCUT2D eigenvalue weighted by molar-refractivity contribution is 5.88. The lowest BCUT2D eigenvalue weighted by atomic mass is 10.2. The number of anilines is 1. The molecule has 1 rings (SSSR count). The lowest BCUT2D eigenvalue weighted by molar-refractivity contribution is 0.0697.